The van der Waals surface area contributed by atoms with Crippen LogP contribution < -0.4 is 5.32 Å². The summed E-state index contributed by atoms with van der Waals surface area (Å²) in [7, 11) is 0. The lowest BCUT2D eigenvalue weighted by molar-refractivity contribution is -0.157. The van der Waals surface area contributed by atoms with Crippen LogP contribution in [0.15, 0.2) is 0 Å². The Kier molecular flexibility index (Phi) is 3.03. The van der Waals surface area contributed by atoms with Crippen LogP contribution in [-0.4, -0.2) is 42.8 Å². The average Bonchev–Trinajstić information content (AvgIpc) is 2.12. The summed E-state index contributed by atoms with van der Waals surface area (Å²) in [5.74, 6) is -0.161. The zero-order chi connectivity index (χ0) is 9.97. The summed E-state index contributed by atoms with van der Waals surface area (Å²) < 4.78 is 5.10. The topological polar surface area (TPSA) is 41.6 Å². The van der Waals surface area contributed by atoms with Gasteiger partial charge in [0.2, 0.25) is 0 Å². The Morgan fingerprint density at radius 3 is 2.79 bits per heavy atom. The smallest absolute Gasteiger partial charge is 0.302 e. The van der Waals surface area contributed by atoms with Crippen molar-refractivity contribution >= 4 is 5.97 Å². The fourth-order valence-electron chi connectivity index (χ4n) is 2.18. The molecule has 0 bridgehead atoms. The van der Waals surface area contributed by atoms with Crippen molar-refractivity contribution in [2.45, 2.75) is 38.5 Å². The van der Waals surface area contributed by atoms with Gasteiger partial charge in [0.05, 0.1) is 6.17 Å². The summed E-state index contributed by atoms with van der Waals surface area (Å²) in [6.07, 6.45) is 4.49. The molecule has 2 fully saturated rings. The molecule has 1 N–H and O–H groups in total. The molecular formula is C10H18N2O2. The van der Waals surface area contributed by atoms with Gasteiger partial charge in [-0.1, -0.05) is 0 Å². The SMILES string of the molecule is CC(=O)OC1CN(C2CCCCN2)C1. The number of esters is 1. The number of hydrogen-bond donors (Lipinski definition) is 1. The molecule has 14 heavy (non-hydrogen) atoms. The third-order valence-electron chi connectivity index (χ3n) is 2.93. The van der Waals surface area contributed by atoms with Gasteiger partial charge in [-0.15, -0.1) is 0 Å². The van der Waals surface area contributed by atoms with Crippen molar-refractivity contribution in [1.82, 2.24) is 10.2 Å². The number of ether oxygens (including phenoxy) is 1. The highest BCUT2D eigenvalue weighted by molar-refractivity contribution is 5.66. The van der Waals surface area contributed by atoms with Gasteiger partial charge < -0.3 is 10.1 Å². The third-order valence-corrected chi connectivity index (χ3v) is 2.93. The lowest BCUT2D eigenvalue weighted by Crippen LogP contribution is -2.61. The monoisotopic (exact) mass is 198 g/mol. The highest BCUT2D eigenvalue weighted by Crippen LogP contribution is 2.19. The van der Waals surface area contributed by atoms with Gasteiger partial charge in [0, 0.05) is 20.0 Å². The standard InChI is InChI=1S/C10H18N2O2/c1-8(13)14-9-6-12(7-9)10-4-2-3-5-11-10/h9-11H,2-7H2,1H3. The quantitative estimate of drug-likeness (QED) is 0.649. The van der Waals surface area contributed by atoms with E-state index in [4.69, 9.17) is 4.74 Å². The summed E-state index contributed by atoms with van der Waals surface area (Å²) in [5, 5.41) is 3.48. The number of hydrogen-bond acceptors (Lipinski definition) is 4. The number of nitrogens with zero attached hydrogens (tertiary/aromatic N) is 1. The second kappa shape index (κ2) is 4.28. The van der Waals surface area contributed by atoms with Gasteiger partial charge in [-0.3, -0.25) is 9.69 Å². The first-order valence-electron chi connectivity index (χ1n) is 5.40. The molecule has 2 aliphatic rings. The van der Waals surface area contributed by atoms with Crippen LogP contribution in [0, 0.1) is 0 Å². The molecule has 2 aliphatic heterocycles. The number of nitrogens with one attached hydrogen (secondary N) is 1. The normalized spacial score (nSPS) is 29.6. The summed E-state index contributed by atoms with van der Waals surface area (Å²) in [6.45, 7) is 4.40. The largest absolute Gasteiger partial charge is 0.460 e. The lowest BCUT2D eigenvalue weighted by Gasteiger charge is -2.44. The molecule has 0 aromatic rings. The second-order valence-corrected chi connectivity index (χ2v) is 4.15. The van der Waals surface area contributed by atoms with E-state index in [9.17, 15) is 4.79 Å². The predicted octanol–water partition coefficient (Wildman–Crippen LogP) is 0.333. The van der Waals surface area contributed by atoms with Crippen molar-refractivity contribution in [3.05, 3.63) is 0 Å². The van der Waals surface area contributed by atoms with Crippen molar-refractivity contribution in [2.24, 2.45) is 0 Å². The maximum atomic E-state index is 10.7. The zero-order valence-electron chi connectivity index (χ0n) is 8.66. The van der Waals surface area contributed by atoms with E-state index in [-0.39, 0.29) is 12.1 Å². The first-order valence-corrected chi connectivity index (χ1v) is 5.40. The number of rotatable bonds is 2. The van der Waals surface area contributed by atoms with E-state index >= 15 is 0 Å². The van der Waals surface area contributed by atoms with E-state index in [0.29, 0.717) is 6.17 Å². The van der Waals surface area contributed by atoms with Crippen molar-refractivity contribution in [3.8, 4) is 0 Å². The van der Waals surface area contributed by atoms with Crippen molar-refractivity contribution in [3.63, 3.8) is 0 Å². The molecule has 80 valence electrons. The molecule has 4 heteroatoms. The van der Waals surface area contributed by atoms with Gasteiger partial charge in [-0.05, 0) is 25.8 Å². The highest BCUT2D eigenvalue weighted by Gasteiger charge is 2.34. The van der Waals surface area contributed by atoms with Crippen LogP contribution in [-0.2, 0) is 9.53 Å². The minimum atomic E-state index is -0.161. The van der Waals surface area contributed by atoms with Crippen LogP contribution in [0.5, 0.6) is 0 Å². The maximum Gasteiger partial charge on any atom is 0.302 e. The third kappa shape index (κ3) is 2.25. The van der Waals surface area contributed by atoms with Crippen molar-refractivity contribution in [1.29, 1.82) is 0 Å². The van der Waals surface area contributed by atoms with Crippen LogP contribution in [0.25, 0.3) is 0 Å². The molecule has 4 nitrogen and oxygen atoms in total. The maximum absolute atomic E-state index is 10.7. The van der Waals surface area contributed by atoms with Gasteiger partial charge in [0.25, 0.3) is 0 Å². The molecule has 0 aliphatic carbocycles. The summed E-state index contributed by atoms with van der Waals surface area (Å²) >= 11 is 0. The van der Waals surface area contributed by atoms with E-state index < -0.39 is 0 Å². The van der Waals surface area contributed by atoms with Gasteiger partial charge in [-0.25, -0.2) is 0 Å². The van der Waals surface area contributed by atoms with E-state index in [1.807, 2.05) is 0 Å². The fraction of sp³-hybridized carbons (Fsp3) is 0.900. The number of likely N-dealkylation sites (tertiary alicyclic amines) is 1. The molecular weight excluding hydrogens is 180 g/mol. The first kappa shape index (κ1) is 9.93. The zero-order valence-corrected chi connectivity index (χ0v) is 8.66. The molecule has 2 saturated heterocycles. The van der Waals surface area contributed by atoms with Crippen molar-refractivity contribution in [2.75, 3.05) is 19.6 Å². The Balaban J connectivity index is 1.68. The molecule has 0 aromatic carbocycles. The summed E-state index contributed by atoms with van der Waals surface area (Å²) in [6, 6.07) is 0. The highest BCUT2D eigenvalue weighted by atomic mass is 16.5. The number of piperidine rings is 1. The van der Waals surface area contributed by atoms with Crippen molar-refractivity contribution < 1.29 is 9.53 Å². The first-order chi connectivity index (χ1) is 6.75. The van der Waals surface area contributed by atoms with Gasteiger partial charge in [-0.2, -0.15) is 0 Å². The Morgan fingerprint density at radius 2 is 2.21 bits per heavy atom. The Morgan fingerprint density at radius 1 is 1.43 bits per heavy atom. The van der Waals surface area contributed by atoms with E-state index in [0.717, 1.165) is 19.6 Å². The summed E-state index contributed by atoms with van der Waals surface area (Å²) in [4.78, 5) is 13.0. The minimum Gasteiger partial charge on any atom is -0.460 e. The molecule has 0 amide bonds. The van der Waals surface area contributed by atoms with E-state index in [2.05, 4.69) is 10.2 Å². The van der Waals surface area contributed by atoms with Crippen LogP contribution in [0.4, 0.5) is 0 Å². The van der Waals surface area contributed by atoms with Crippen LogP contribution in [0.3, 0.4) is 0 Å². The van der Waals surface area contributed by atoms with Gasteiger partial charge in [0.15, 0.2) is 0 Å². The van der Waals surface area contributed by atoms with Crippen LogP contribution >= 0.6 is 0 Å². The minimum absolute atomic E-state index is 0.135. The Bertz CT molecular complexity index is 208. The van der Waals surface area contributed by atoms with Crippen LogP contribution in [0.1, 0.15) is 26.2 Å². The number of carbonyl (C=O) groups is 1. The van der Waals surface area contributed by atoms with E-state index in [1.165, 1.54) is 26.2 Å². The average molecular weight is 198 g/mol. The number of carbonyl (C=O) groups excluding carboxylic acids is 1. The predicted molar refractivity (Wildman–Crippen MR) is 52.8 cm³/mol. The molecule has 2 heterocycles. The summed E-state index contributed by atoms with van der Waals surface area (Å²) in [5.41, 5.74) is 0. The van der Waals surface area contributed by atoms with E-state index in [1.54, 1.807) is 0 Å². The lowest BCUT2D eigenvalue weighted by atomic mass is 10.0. The molecule has 1 unspecified atom stereocenters. The molecule has 0 aromatic heterocycles. The molecule has 0 spiro atoms. The molecule has 1 atom stereocenters. The fourth-order valence-corrected chi connectivity index (χ4v) is 2.18. The molecule has 2 rings (SSSR count). The second-order valence-electron chi connectivity index (χ2n) is 4.15. The van der Waals surface area contributed by atoms with Crippen LogP contribution in [0.2, 0.25) is 0 Å². The Labute approximate surface area is 84.6 Å². The van der Waals surface area contributed by atoms with Gasteiger partial charge in [0.1, 0.15) is 6.10 Å². The van der Waals surface area contributed by atoms with Gasteiger partial charge >= 0.3 is 5.97 Å². The Hall–Kier alpha value is -0.610. The molecule has 0 radical (unpaired) electrons. The molecule has 0 saturated carbocycles.